The molecule has 0 unspecified atom stereocenters. The summed E-state index contributed by atoms with van der Waals surface area (Å²) in [5.41, 5.74) is 3.20. The van der Waals surface area contributed by atoms with E-state index in [4.69, 9.17) is 0 Å². The maximum atomic E-state index is 13.1. The molecular weight excluding hydrogens is 323 g/mol. The van der Waals surface area contributed by atoms with Crippen LogP contribution in [0.1, 0.15) is 17.0 Å². The molecule has 6 nitrogen and oxygen atoms in total. The van der Waals surface area contributed by atoms with Crippen molar-refractivity contribution >= 4 is 17.9 Å². The van der Waals surface area contributed by atoms with Crippen molar-refractivity contribution in [1.82, 2.24) is 20.0 Å². The van der Waals surface area contributed by atoms with Gasteiger partial charge < -0.3 is 10.2 Å². The van der Waals surface area contributed by atoms with Gasteiger partial charge in [0.15, 0.2) is 0 Å². The maximum Gasteiger partial charge on any atom is 0.247 e. The van der Waals surface area contributed by atoms with Crippen LogP contribution < -0.4 is 5.32 Å². The molecule has 130 valence electrons. The number of rotatable bonds is 3. The van der Waals surface area contributed by atoms with E-state index in [0.717, 1.165) is 22.6 Å². The quantitative estimate of drug-likeness (QED) is 0.862. The molecule has 0 bridgehead atoms. The highest BCUT2D eigenvalue weighted by atomic mass is 19.1. The van der Waals surface area contributed by atoms with Gasteiger partial charge in [-0.25, -0.2) is 9.07 Å². The van der Waals surface area contributed by atoms with E-state index in [1.54, 1.807) is 22.9 Å². The van der Waals surface area contributed by atoms with Crippen molar-refractivity contribution < 1.29 is 14.0 Å². The Hall–Kier alpha value is -2.96. The SMILES string of the molecule is Cc1nn(-c2ccc(F)cc2)c(C)c1C=CC(=O)N1CCNC(=O)C1. The molecule has 2 amide bonds. The molecule has 0 saturated carbocycles. The minimum absolute atomic E-state index is 0.0793. The van der Waals surface area contributed by atoms with Gasteiger partial charge in [-0.15, -0.1) is 0 Å². The van der Waals surface area contributed by atoms with Crippen LogP contribution in [0, 0.1) is 19.7 Å². The minimum atomic E-state index is -0.304. The summed E-state index contributed by atoms with van der Waals surface area (Å²) in [6.07, 6.45) is 3.18. The highest BCUT2D eigenvalue weighted by molar-refractivity contribution is 5.95. The standard InChI is InChI=1S/C18H19FN4O2/c1-12-16(7-8-18(25)22-10-9-20-17(24)11-22)13(2)23(21-12)15-5-3-14(19)4-6-15/h3-8H,9-11H2,1-2H3,(H,20,24). The van der Waals surface area contributed by atoms with Crippen molar-refractivity contribution in [3.8, 4) is 5.69 Å². The Morgan fingerprint density at radius 2 is 2.00 bits per heavy atom. The van der Waals surface area contributed by atoms with Crippen molar-refractivity contribution in [3.63, 3.8) is 0 Å². The molecular formula is C18H19FN4O2. The Bertz CT molecular complexity index is 840. The van der Waals surface area contributed by atoms with Crippen molar-refractivity contribution in [2.75, 3.05) is 19.6 Å². The molecule has 2 heterocycles. The highest BCUT2D eigenvalue weighted by Crippen LogP contribution is 2.19. The highest BCUT2D eigenvalue weighted by Gasteiger charge is 2.19. The first-order chi connectivity index (χ1) is 12.0. The van der Waals surface area contributed by atoms with Crippen LogP contribution in [0.3, 0.4) is 0 Å². The summed E-state index contributed by atoms with van der Waals surface area (Å²) in [4.78, 5) is 25.1. The van der Waals surface area contributed by atoms with E-state index in [-0.39, 0.29) is 24.2 Å². The lowest BCUT2D eigenvalue weighted by Crippen LogP contribution is -2.49. The van der Waals surface area contributed by atoms with Gasteiger partial charge in [-0.3, -0.25) is 9.59 Å². The van der Waals surface area contributed by atoms with Crippen LogP contribution in [-0.2, 0) is 9.59 Å². The third-order valence-electron chi connectivity index (χ3n) is 4.16. The predicted octanol–water partition coefficient (Wildman–Crippen LogP) is 1.60. The van der Waals surface area contributed by atoms with Crippen molar-refractivity contribution in [2.24, 2.45) is 0 Å². The van der Waals surface area contributed by atoms with Crippen molar-refractivity contribution in [1.29, 1.82) is 0 Å². The average molecular weight is 342 g/mol. The Kier molecular flexibility index (Phi) is 4.65. The van der Waals surface area contributed by atoms with Gasteiger partial charge in [0.1, 0.15) is 5.82 Å². The lowest BCUT2D eigenvalue weighted by atomic mass is 10.1. The van der Waals surface area contributed by atoms with Gasteiger partial charge in [0.25, 0.3) is 0 Å². The second-order valence-corrected chi connectivity index (χ2v) is 5.92. The first-order valence-electron chi connectivity index (χ1n) is 8.01. The number of carbonyl (C=O) groups excluding carboxylic acids is 2. The van der Waals surface area contributed by atoms with Crippen LogP contribution in [0.5, 0.6) is 0 Å². The number of benzene rings is 1. The van der Waals surface area contributed by atoms with Crippen LogP contribution in [0.2, 0.25) is 0 Å². The third kappa shape index (κ3) is 3.60. The second-order valence-electron chi connectivity index (χ2n) is 5.92. The number of aromatic nitrogens is 2. The van der Waals surface area contributed by atoms with Gasteiger partial charge in [-0.2, -0.15) is 5.10 Å². The molecule has 3 rings (SSSR count). The summed E-state index contributed by atoms with van der Waals surface area (Å²) in [5.74, 6) is -0.658. The van der Waals surface area contributed by atoms with E-state index in [9.17, 15) is 14.0 Å². The maximum absolute atomic E-state index is 13.1. The second kappa shape index (κ2) is 6.88. The van der Waals surface area contributed by atoms with Crippen LogP contribution in [0.15, 0.2) is 30.3 Å². The lowest BCUT2D eigenvalue weighted by molar-refractivity contribution is -0.134. The molecule has 0 spiro atoms. The van der Waals surface area contributed by atoms with Gasteiger partial charge >= 0.3 is 0 Å². The number of carbonyl (C=O) groups is 2. The van der Waals surface area contributed by atoms with Crippen molar-refractivity contribution in [2.45, 2.75) is 13.8 Å². The number of aryl methyl sites for hydroxylation is 1. The number of nitrogens with zero attached hydrogens (tertiary/aromatic N) is 3. The summed E-state index contributed by atoms with van der Waals surface area (Å²) in [7, 11) is 0. The lowest BCUT2D eigenvalue weighted by Gasteiger charge is -2.25. The van der Waals surface area contributed by atoms with E-state index in [1.165, 1.54) is 23.1 Å². The number of piperazine rings is 1. The third-order valence-corrected chi connectivity index (χ3v) is 4.16. The van der Waals surface area contributed by atoms with Gasteiger partial charge in [-0.05, 0) is 44.2 Å². The Morgan fingerprint density at radius 1 is 1.28 bits per heavy atom. The van der Waals surface area contributed by atoms with E-state index in [1.807, 2.05) is 13.8 Å². The number of halogens is 1. The fraction of sp³-hybridized carbons (Fsp3) is 0.278. The Morgan fingerprint density at radius 3 is 2.68 bits per heavy atom. The predicted molar refractivity (Wildman–Crippen MR) is 91.6 cm³/mol. The van der Waals surface area contributed by atoms with Gasteiger partial charge in [-0.1, -0.05) is 0 Å². The van der Waals surface area contributed by atoms with Gasteiger partial charge in [0, 0.05) is 30.4 Å². The topological polar surface area (TPSA) is 67.2 Å². The van der Waals surface area contributed by atoms with E-state index < -0.39 is 0 Å². The first-order valence-corrected chi connectivity index (χ1v) is 8.01. The first kappa shape index (κ1) is 16.9. The fourth-order valence-corrected chi connectivity index (χ4v) is 2.82. The number of hydrogen-bond donors (Lipinski definition) is 1. The molecule has 1 saturated heterocycles. The van der Waals surface area contributed by atoms with Crippen LogP contribution in [-0.4, -0.2) is 46.1 Å². The molecule has 1 fully saturated rings. The summed E-state index contributed by atoms with van der Waals surface area (Å²) >= 11 is 0. The molecule has 1 aromatic heterocycles. The molecule has 1 aromatic carbocycles. The van der Waals surface area contributed by atoms with Crippen LogP contribution in [0.4, 0.5) is 4.39 Å². The minimum Gasteiger partial charge on any atom is -0.353 e. The Labute approximate surface area is 144 Å². The average Bonchev–Trinajstić information content (AvgIpc) is 2.88. The molecule has 0 aliphatic carbocycles. The zero-order valence-corrected chi connectivity index (χ0v) is 14.1. The smallest absolute Gasteiger partial charge is 0.247 e. The zero-order valence-electron chi connectivity index (χ0n) is 14.1. The largest absolute Gasteiger partial charge is 0.353 e. The molecule has 25 heavy (non-hydrogen) atoms. The van der Waals surface area contributed by atoms with E-state index in [2.05, 4.69) is 10.4 Å². The van der Waals surface area contributed by atoms with Crippen LogP contribution in [0.25, 0.3) is 11.8 Å². The van der Waals surface area contributed by atoms with Gasteiger partial charge in [0.05, 0.1) is 17.9 Å². The van der Waals surface area contributed by atoms with Gasteiger partial charge in [0.2, 0.25) is 11.8 Å². The van der Waals surface area contributed by atoms with Crippen LogP contribution >= 0.6 is 0 Å². The number of hydrogen-bond acceptors (Lipinski definition) is 3. The number of nitrogens with one attached hydrogen (secondary N) is 1. The molecule has 7 heteroatoms. The van der Waals surface area contributed by atoms with E-state index >= 15 is 0 Å². The summed E-state index contributed by atoms with van der Waals surface area (Å²) in [6.45, 7) is 4.80. The molecule has 1 N–H and O–H groups in total. The summed E-state index contributed by atoms with van der Waals surface area (Å²) < 4.78 is 14.8. The Balaban J connectivity index is 1.82. The monoisotopic (exact) mass is 342 g/mol. The zero-order chi connectivity index (χ0) is 18.0. The normalized spacial score (nSPS) is 14.8. The molecule has 0 radical (unpaired) electrons. The molecule has 0 atom stereocenters. The van der Waals surface area contributed by atoms with Crippen molar-refractivity contribution in [3.05, 3.63) is 53.1 Å². The molecule has 2 aromatic rings. The van der Waals surface area contributed by atoms with E-state index in [0.29, 0.717) is 13.1 Å². The number of amides is 2. The summed E-state index contributed by atoms with van der Waals surface area (Å²) in [6, 6.07) is 6.07. The molecule has 1 aliphatic rings. The summed E-state index contributed by atoms with van der Waals surface area (Å²) in [5, 5.41) is 7.15. The molecule has 1 aliphatic heterocycles. The fourth-order valence-electron chi connectivity index (χ4n) is 2.82.